The van der Waals surface area contributed by atoms with E-state index in [0.717, 1.165) is 22.2 Å². The van der Waals surface area contributed by atoms with Crippen molar-refractivity contribution in [2.24, 2.45) is 4.99 Å². The Morgan fingerprint density at radius 1 is 1.29 bits per heavy atom. The van der Waals surface area contributed by atoms with Gasteiger partial charge in [0.15, 0.2) is 5.96 Å². The van der Waals surface area contributed by atoms with Crippen molar-refractivity contribution >= 4 is 17.3 Å². The van der Waals surface area contributed by atoms with Gasteiger partial charge in [0.2, 0.25) is 5.88 Å². The SMILES string of the molecule is CN=C(NCc1ccnc(Oc2ccc(F)cc2)c1)N(C)Cc1csc(C(C)OC)n1. The third-order valence-corrected chi connectivity index (χ3v) is 5.58. The minimum Gasteiger partial charge on any atom is -0.439 e. The number of benzene rings is 1. The molecule has 1 N–H and O–H groups in total. The zero-order valence-corrected chi connectivity index (χ0v) is 18.8. The average Bonchev–Trinajstić information content (AvgIpc) is 3.24. The fourth-order valence-corrected chi connectivity index (χ4v) is 3.65. The molecule has 1 atom stereocenters. The molecule has 2 aromatic heterocycles. The number of aliphatic imine (C=N–C) groups is 1. The second-order valence-electron chi connectivity index (χ2n) is 6.87. The molecule has 1 aromatic carbocycles. The van der Waals surface area contributed by atoms with Gasteiger partial charge in [-0.3, -0.25) is 4.99 Å². The lowest BCUT2D eigenvalue weighted by molar-refractivity contribution is 0.119. The van der Waals surface area contributed by atoms with Crippen LogP contribution in [0.3, 0.4) is 0 Å². The summed E-state index contributed by atoms with van der Waals surface area (Å²) >= 11 is 1.59. The van der Waals surface area contributed by atoms with E-state index in [1.165, 1.54) is 12.1 Å². The first kappa shape index (κ1) is 22.6. The van der Waals surface area contributed by atoms with Crippen molar-refractivity contribution in [2.75, 3.05) is 21.2 Å². The molecule has 7 nitrogen and oxygen atoms in total. The van der Waals surface area contributed by atoms with Gasteiger partial charge in [-0.05, 0) is 42.8 Å². The van der Waals surface area contributed by atoms with Crippen molar-refractivity contribution in [2.45, 2.75) is 26.1 Å². The van der Waals surface area contributed by atoms with Crippen molar-refractivity contribution in [1.82, 2.24) is 20.2 Å². The second-order valence-corrected chi connectivity index (χ2v) is 7.76. The standard InChI is InChI=1S/C22H26FN5O2S/c1-15(29-4)21-27-18(14-31-21)13-28(3)22(24-2)26-12-16-9-10-25-20(11-16)30-19-7-5-17(23)6-8-19/h5-11,14-15H,12-13H2,1-4H3,(H,24,26). The van der Waals surface area contributed by atoms with Crippen LogP contribution < -0.4 is 10.1 Å². The van der Waals surface area contributed by atoms with Crippen LogP contribution in [0, 0.1) is 5.82 Å². The van der Waals surface area contributed by atoms with Crippen molar-refractivity contribution in [3.05, 3.63) is 70.1 Å². The number of guanidine groups is 1. The number of nitrogens with zero attached hydrogens (tertiary/aromatic N) is 4. The second kappa shape index (κ2) is 10.8. The molecule has 0 aliphatic heterocycles. The molecule has 3 rings (SSSR count). The highest BCUT2D eigenvalue weighted by molar-refractivity contribution is 7.09. The average molecular weight is 444 g/mol. The third kappa shape index (κ3) is 6.47. The normalized spacial score (nSPS) is 12.5. The molecule has 0 saturated carbocycles. The smallest absolute Gasteiger partial charge is 0.219 e. The molecule has 0 aliphatic carbocycles. The zero-order valence-electron chi connectivity index (χ0n) is 18.0. The fraction of sp³-hybridized carbons (Fsp3) is 0.318. The molecule has 0 aliphatic rings. The van der Waals surface area contributed by atoms with Crippen molar-refractivity contribution < 1.29 is 13.9 Å². The highest BCUT2D eigenvalue weighted by Crippen LogP contribution is 2.22. The van der Waals surface area contributed by atoms with E-state index in [9.17, 15) is 4.39 Å². The molecule has 3 aromatic rings. The summed E-state index contributed by atoms with van der Waals surface area (Å²) in [5, 5.41) is 6.33. The maximum Gasteiger partial charge on any atom is 0.219 e. The van der Waals surface area contributed by atoms with Crippen molar-refractivity contribution in [3.63, 3.8) is 0 Å². The van der Waals surface area contributed by atoms with Crippen LogP contribution in [-0.4, -0.2) is 42.0 Å². The summed E-state index contributed by atoms with van der Waals surface area (Å²) in [7, 11) is 5.39. The molecule has 1 unspecified atom stereocenters. The van der Waals surface area contributed by atoms with Gasteiger partial charge in [0.25, 0.3) is 0 Å². The first-order valence-corrected chi connectivity index (χ1v) is 10.6. The molecule has 0 saturated heterocycles. The van der Waals surface area contributed by atoms with E-state index in [1.807, 2.05) is 36.4 Å². The van der Waals surface area contributed by atoms with Crippen LogP contribution in [0.15, 0.2) is 53.0 Å². The molecule has 2 heterocycles. The first-order valence-electron chi connectivity index (χ1n) is 9.75. The van der Waals surface area contributed by atoms with Gasteiger partial charge in [0.05, 0.1) is 12.2 Å². The van der Waals surface area contributed by atoms with Gasteiger partial charge < -0.3 is 19.7 Å². The summed E-state index contributed by atoms with van der Waals surface area (Å²) in [6.45, 7) is 3.15. The van der Waals surface area contributed by atoms with Gasteiger partial charge in [0.1, 0.15) is 22.7 Å². The van der Waals surface area contributed by atoms with E-state index in [2.05, 4.69) is 20.3 Å². The zero-order chi connectivity index (χ0) is 22.2. The van der Waals surface area contributed by atoms with E-state index in [4.69, 9.17) is 9.47 Å². The first-order chi connectivity index (χ1) is 15.0. The topological polar surface area (TPSA) is 71.9 Å². The number of aromatic nitrogens is 2. The number of nitrogens with one attached hydrogen (secondary N) is 1. The van der Waals surface area contributed by atoms with Gasteiger partial charge in [-0.2, -0.15) is 0 Å². The quantitative estimate of drug-likeness (QED) is 0.411. The van der Waals surface area contributed by atoms with Crippen LogP contribution in [0.4, 0.5) is 4.39 Å². The molecule has 0 fully saturated rings. The Morgan fingerprint density at radius 3 is 2.77 bits per heavy atom. The largest absolute Gasteiger partial charge is 0.439 e. The van der Waals surface area contributed by atoms with Gasteiger partial charge in [0, 0.05) is 45.4 Å². The van der Waals surface area contributed by atoms with E-state index in [1.54, 1.807) is 43.8 Å². The molecule has 31 heavy (non-hydrogen) atoms. The van der Waals surface area contributed by atoms with Crippen LogP contribution in [0.2, 0.25) is 0 Å². The number of halogens is 1. The Labute approximate surface area is 185 Å². The maximum atomic E-state index is 13.1. The number of methoxy groups -OCH3 is 1. The lowest BCUT2D eigenvalue weighted by Gasteiger charge is -2.21. The van der Waals surface area contributed by atoms with Crippen LogP contribution in [0.5, 0.6) is 11.6 Å². The summed E-state index contributed by atoms with van der Waals surface area (Å²) in [5.74, 6) is 1.40. The molecule has 0 radical (unpaired) electrons. The number of ether oxygens (including phenoxy) is 2. The van der Waals surface area contributed by atoms with Crippen LogP contribution in [0.1, 0.15) is 29.3 Å². The molecule has 0 bridgehead atoms. The van der Waals surface area contributed by atoms with Gasteiger partial charge in [-0.1, -0.05) is 0 Å². The summed E-state index contributed by atoms with van der Waals surface area (Å²) in [5.41, 5.74) is 1.94. The fourth-order valence-electron chi connectivity index (χ4n) is 2.81. The third-order valence-electron chi connectivity index (χ3n) is 4.53. The van der Waals surface area contributed by atoms with E-state index in [0.29, 0.717) is 24.7 Å². The Hall–Kier alpha value is -3.04. The van der Waals surface area contributed by atoms with E-state index < -0.39 is 0 Å². The summed E-state index contributed by atoms with van der Waals surface area (Å²) in [6.07, 6.45) is 1.66. The lowest BCUT2D eigenvalue weighted by Crippen LogP contribution is -2.38. The van der Waals surface area contributed by atoms with Gasteiger partial charge in [-0.15, -0.1) is 11.3 Å². The molecular weight excluding hydrogens is 417 g/mol. The molecule has 164 valence electrons. The Balaban J connectivity index is 1.57. The monoisotopic (exact) mass is 443 g/mol. The number of pyridine rings is 1. The van der Waals surface area contributed by atoms with Crippen LogP contribution >= 0.6 is 11.3 Å². The van der Waals surface area contributed by atoms with Crippen molar-refractivity contribution in [3.8, 4) is 11.6 Å². The van der Waals surface area contributed by atoms with Crippen LogP contribution in [0.25, 0.3) is 0 Å². The molecule has 9 heteroatoms. The summed E-state index contributed by atoms with van der Waals surface area (Å²) < 4.78 is 24.1. The van der Waals surface area contributed by atoms with Gasteiger partial charge >= 0.3 is 0 Å². The van der Waals surface area contributed by atoms with E-state index in [-0.39, 0.29) is 11.9 Å². The maximum absolute atomic E-state index is 13.1. The van der Waals surface area contributed by atoms with Crippen LogP contribution in [-0.2, 0) is 17.8 Å². The number of hydrogen-bond acceptors (Lipinski definition) is 6. The van der Waals surface area contributed by atoms with Gasteiger partial charge in [-0.25, -0.2) is 14.4 Å². The lowest BCUT2D eigenvalue weighted by atomic mass is 10.2. The molecule has 0 spiro atoms. The Kier molecular flexibility index (Phi) is 7.91. The Morgan fingerprint density at radius 2 is 2.06 bits per heavy atom. The number of rotatable bonds is 8. The predicted molar refractivity (Wildman–Crippen MR) is 120 cm³/mol. The predicted octanol–water partition coefficient (Wildman–Crippen LogP) is 4.38. The number of thiazole rings is 1. The highest BCUT2D eigenvalue weighted by Gasteiger charge is 2.13. The minimum atomic E-state index is -0.309. The van der Waals surface area contributed by atoms with Crippen molar-refractivity contribution in [1.29, 1.82) is 0 Å². The Bertz CT molecular complexity index is 1010. The van der Waals surface area contributed by atoms with E-state index >= 15 is 0 Å². The minimum absolute atomic E-state index is 0.0143. The molecule has 0 amide bonds. The summed E-state index contributed by atoms with van der Waals surface area (Å²) in [6, 6.07) is 9.56. The highest BCUT2D eigenvalue weighted by atomic mass is 32.1. The number of hydrogen-bond donors (Lipinski definition) is 1. The molecular formula is C22H26FN5O2S. The summed E-state index contributed by atoms with van der Waals surface area (Å²) in [4.78, 5) is 15.2.